The van der Waals surface area contributed by atoms with Gasteiger partial charge in [-0.1, -0.05) is 6.92 Å². The van der Waals surface area contributed by atoms with Crippen LogP contribution in [0.4, 0.5) is 0 Å². The lowest BCUT2D eigenvalue weighted by Crippen LogP contribution is -2.48. The highest BCUT2D eigenvalue weighted by Gasteiger charge is 2.34. The molecule has 3 nitrogen and oxygen atoms in total. The fourth-order valence-electron chi connectivity index (χ4n) is 3.20. The van der Waals surface area contributed by atoms with Gasteiger partial charge >= 0.3 is 0 Å². The minimum absolute atomic E-state index is 0.329. The highest BCUT2D eigenvalue weighted by molar-refractivity contribution is 4.88. The molecule has 1 aliphatic carbocycles. The summed E-state index contributed by atoms with van der Waals surface area (Å²) in [7, 11) is 0. The second-order valence-electron chi connectivity index (χ2n) is 6.31. The summed E-state index contributed by atoms with van der Waals surface area (Å²) in [4.78, 5) is 2.39. The lowest BCUT2D eigenvalue weighted by atomic mass is 9.79. The van der Waals surface area contributed by atoms with Crippen molar-refractivity contribution in [2.75, 3.05) is 26.2 Å². The number of likely N-dealkylation sites (tertiary alicyclic amines) is 1. The van der Waals surface area contributed by atoms with Crippen molar-refractivity contribution >= 4 is 0 Å². The Balaban J connectivity index is 1.77. The molecule has 1 heterocycles. The Morgan fingerprint density at radius 3 is 2.24 bits per heavy atom. The average molecular weight is 241 g/mol. The van der Waals surface area contributed by atoms with Crippen LogP contribution >= 0.6 is 0 Å². The lowest BCUT2D eigenvalue weighted by Gasteiger charge is -2.41. The van der Waals surface area contributed by atoms with E-state index in [0.717, 1.165) is 51.2 Å². The summed E-state index contributed by atoms with van der Waals surface area (Å²) in [5.74, 6) is 1.28. The van der Waals surface area contributed by atoms with Gasteiger partial charge in [0.25, 0.3) is 0 Å². The Morgan fingerprint density at radius 2 is 1.71 bits per heavy atom. The van der Waals surface area contributed by atoms with E-state index in [2.05, 4.69) is 11.8 Å². The number of rotatable bonds is 3. The molecule has 0 radical (unpaired) electrons. The van der Waals surface area contributed by atoms with E-state index in [0.29, 0.717) is 12.5 Å². The number of β-amino-alcohol motifs (C(OH)–C–C–N with tert-alkyl or cyclic N) is 1. The quantitative estimate of drug-likeness (QED) is 0.789. The summed E-state index contributed by atoms with van der Waals surface area (Å²) in [6.45, 7) is 5.55. The summed E-state index contributed by atoms with van der Waals surface area (Å²) < 4.78 is 0. The summed E-state index contributed by atoms with van der Waals surface area (Å²) in [6, 6.07) is 0. The first-order valence-corrected chi connectivity index (χ1v) is 7.17. The summed E-state index contributed by atoms with van der Waals surface area (Å²) in [5.41, 5.74) is -0.432. The molecule has 0 amide bonds. The molecule has 0 aromatic carbocycles. The van der Waals surface area contributed by atoms with Gasteiger partial charge in [0.2, 0.25) is 0 Å². The van der Waals surface area contributed by atoms with Gasteiger partial charge in [-0.2, -0.15) is 0 Å². The summed E-state index contributed by atoms with van der Waals surface area (Å²) >= 11 is 0. The van der Waals surface area contributed by atoms with Gasteiger partial charge in [-0.25, -0.2) is 0 Å². The fraction of sp³-hybridized carbons (Fsp3) is 1.00. The summed E-state index contributed by atoms with van der Waals surface area (Å²) in [5, 5.41) is 19.7. The van der Waals surface area contributed by atoms with E-state index in [9.17, 15) is 5.11 Å². The minimum Gasteiger partial charge on any atom is -0.396 e. The van der Waals surface area contributed by atoms with E-state index >= 15 is 0 Å². The molecule has 17 heavy (non-hydrogen) atoms. The number of nitrogens with zero attached hydrogens (tertiary/aromatic N) is 1. The predicted molar refractivity (Wildman–Crippen MR) is 68.8 cm³/mol. The number of aliphatic hydroxyl groups excluding tert-OH is 1. The van der Waals surface area contributed by atoms with Gasteiger partial charge in [0.15, 0.2) is 0 Å². The van der Waals surface area contributed by atoms with Crippen molar-refractivity contribution in [3.05, 3.63) is 0 Å². The third-order valence-corrected chi connectivity index (χ3v) is 4.69. The average Bonchev–Trinajstić information content (AvgIpc) is 2.34. The molecule has 2 rings (SSSR count). The van der Waals surface area contributed by atoms with Crippen LogP contribution < -0.4 is 0 Å². The highest BCUT2D eigenvalue weighted by atomic mass is 16.3. The van der Waals surface area contributed by atoms with Gasteiger partial charge in [0.05, 0.1) is 5.60 Å². The van der Waals surface area contributed by atoms with Gasteiger partial charge in [0, 0.05) is 13.2 Å². The van der Waals surface area contributed by atoms with Crippen molar-refractivity contribution < 1.29 is 10.2 Å². The van der Waals surface area contributed by atoms with Crippen molar-refractivity contribution in [3.63, 3.8) is 0 Å². The molecule has 1 saturated carbocycles. The van der Waals surface area contributed by atoms with Crippen molar-refractivity contribution in [3.8, 4) is 0 Å². The van der Waals surface area contributed by atoms with Crippen molar-refractivity contribution in [1.82, 2.24) is 4.90 Å². The Kier molecular flexibility index (Phi) is 4.45. The number of hydrogen-bond donors (Lipinski definition) is 2. The number of hydrogen-bond acceptors (Lipinski definition) is 3. The topological polar surface area (TPSA) is 43.7 Å². The number of aliphatic hydroxyl groups is 2. The van der Waals surface area contributed by atoms with Gasteiger partial charge in [-0.05, 0) is 63.5 Å². The third kappa shape index (κ3) is 3.67. The zero-order chi connectivity index (χ0) is 12.3. The maximum Gasteiger partial charge on any atom is 0.0774 e. The highest BCUT2D eigenvalue weighted by Crippen LogP contribution is 2.33. The first-order valence-electron chi connectivity index (χ1n) is 7.17. The summed E-state index contributed by atoms with van der Waals surface area (Å²) in [6.07, 6.45) is 6.45. The van der Waals surface area contributed by atoms with Crippen LogP contribution in [0.15, 0.2) is 0 Å². The van der Waals surface area contributed by atoms with Crippen LogP contribution in [0.1, 0.15) is 45.4 Å². The smallest absolute Gasteiger partial charge is 0.0774 e. The van der Waals surface area contributed by atoms with Gasteiger partial charge in [-0.15, -0.1) is 0 Å². The molecule has 0 spiro atoms. The zero-order valence-corrected chi connectivity index (χ0v) is 11.1. The van der Waals surface area contributed by atoms with Gasteiger partial charge in [0.1, 0.15) is 0 Å². The largest absolute Gasteiger partial charge is 0.396 e. The molecule has 100 valence electrons. The molecule has 2 fully saturated rings. The number of piperidine rings is 1. The molecule has 3 heteroatoms. The van der Waals surface area contributed by atoms with Crippen LogP contribution in [0, 0.1) is 11.8 Å². The molecule has 0 aromatic rings. The van der Waals surface area contributed by atoms with Crippen molar-refractivity contribution in [1.29, 1.82) is 0 Å². The second-order valence-corrected chi connectivity index (χ2v) is 6.31. The second kappa shape index (κ2) is 5.68. The predicted octanol–water partition coefficient (Wildman–Crippen LogP) is 1.63. The molecule has 2 aliphatic rings. The fourth-order valence-corrected chi connectivity index (χ4v) is 3.20. The third-order valence-electron chi connectivity index (χ3n) is 4.69. The SMILES string of the molecule is CC1CCC(O)(CN2CCC(CO)CC2)CC1. The molecule has 0 unspecified atom stereocenters. The van der Waals surface area contributed by atoms with Crippen LogP contribution in [0.5, 0.6) is 0 Å². The van der Waals surface area contributed by atoms with E-state index < -0.39 is 5.60 Å². The van der Waals surface area contributed by atoms with Crippen LogP contribution in [-0.4, -0.2) is 47.0 Å². The molecule has 1 saturated heterocycles. The Bertz CT molecular complexity index is 228. The van der Waals surface area contributed by atoms with Crippen molar-refractivity contribution in [2.24, 2.45) is 11.8 Å². The molecule has 0 bridgehead atoms. The minimum atomic E-state index is -0.432. The van der Waals surface area contributed by atoms with E-state index in [-0.39, 0.29) is 0 Å². The van der Waals surface area contributed by atoms with Gasteiger partial charge < -0.3 is 15.1 Å². The zero-order valence-electron chi connectivity index (χ0n) is 11.1. The first-order chi connectivity index (χ1) is 8.11. The van der Waals surface area contributed by atoms with E-state index in [1.54, 1.807) is 0 Å². The van der Waals surface area contributed by atoms with Gasteiger partial charge in [-0.3, -0.25) is 0 Å². The van der Waals surface area contributed by atoms with E-state index in [1.807, 2.05) is 0 Å². The molecular formula is C14H27NO2. The molecular weight excluding hydrogens is 214 g/mol. The normalized spacial score (nSPS) is 37.2. The molecule has 0 atom stereocenters. The standard InChI is InChI=1S/C14H27NO2/c1-12-2-6-14(17,7-3-12)11-15-8-4-13(10-16)5-9-15/h12-13,16-17H,2-11H2,1H3. The first kappa shape index (κ1) is 13.3. The van der Waals surface area contributed by atoms with Crippen LogP contribution in [-0.2, 0) is 0 Å². The molecule has 0 aromatic heterocycles. The van der Waals surface area contributed by atoms with E-state index in [4.69, 9.17) is 5.11 Å². The Labute approximate surface area is 105 Å². The maximum atomic E-state index is 10.6. The maximum absolute atomic E-state index is 10.6. The Hall–Kier alpha value is -0.120. The van der Waals surface area contributed by atoms with Crippen LogP contribution in [0.2, 0.25) is 0 Å². The molecule has 1 aliphatic heterocycles. The van der Waals surface area contributed by atoms with Crippen molar-refractivity contribution in [2.45, 2.75) is 51.0 Å². The van der Waals surface area contributed by atoms with Crippen LogP contribution in [0.25, 0.3) is 0 Å². The monoisotopic (exact) mass is 241 g/mol. The van der Waals surface area contributed by atoms with E-state index in [1.165, 1.54) is 12.8 Å². The lowest BCUT2D eigenvalue weighted by molar-refractivity contribution is -0.0421. The Morgan fingerprint density at radius 1 is 1.12 bits per heavy atom. The van der Waals surface area contributed by atoms with Crippen LogP contribution in [0.3, 0.4) is 0 Å². The molecule has 2 N–H and O–H groups in total.